The lowest BCUT2D eigenvalue weighted by Crippen LogP contribution is -2.21. The third-order valence-electron chi connectivity index (χ3n) is 2.84. The van der Waals surface area contributed by atoms with Crippen molar-refractivity contribution in [2.75, 3.05) is 6.61 Å². The first-order valence-electron chi connectivity index (χ1n) is 6.20. The van der Waals surface area contributed by atoms with Crippen LogP contribution in [0.25, 0.3) is 0 Å². The SMILES string of the molecule is NC(C(=O)CCCCCCO)c1ccccc1. The van der Waals surface area contributed by atoms with Crippen LogP contribution in [-0.2, 0) is 4.79 Å². The fourth-order valence-corrected chi connectivity index (χ4v) is 1.77. The Bertz CT molecular complexity index is 324. The van der Waals surface area contributed by atoms with E-state index >= 15 is 0 Å². The number of ketones is 1. The predicted molar refractivity (Wildman–Crippen MR) is 68.5 cm³/mol. The van der Waals surface area contributed by atoms with Crippen molar-refractivity contribution >= 4 is 5.78 Å². The quantitative estimate of drug-likeness (QED) is 0.679. The van der Waals surface area contributed by atoms with E-state index in [4.69, 9.17) is 10.8 Å². The van der Waals surface area contributed by atoms with E-state index in [-0.39, 0.29) is 12.4 Å². The van der Waals surface area contributed by atoms with E-state index in [1.807, 2.05) is 30.3 Å². The normalized spacial score (nSPS) is 12.4. The van der Waals surface area contributed by atoms with Gasteiger partial charge in [-0.15, -0.1) is 0 Å². The van der Waals surface area contributed by atoms with Gasteiger partial charge < -0.3 is 10.8 Å². The topological polar surface area (TPSA) is 63.3 Å². The highest BCUT2D eigenvalue weighted by Crippen LogP contribution is 2.14. The molecule has 0 fully saturated rings. The van der Waals surface area contributed by atoms with Crippen LogP contribution in [0.15, 0.2) is 30.3 Å². The van der Waals surface area contributed by atoms with Crippen LogP contribution >= 0.6 is 0 Å². The molecule has 0 bridgehead atoms. The number of carbonyl (C=O) groups excluding carboxylic acids is 1. The molecular formula is C14H21NO2. The Morgan fingerprint density at radius 1 is 1.12 bits per heavy atom. The maximum Gasteiger partial charge on any atom is 0.154 e. The highest BCUT2D eigenvalue weighted by Gasteiger charge is 2.14. The molecule has 1 rings (SSSR count). The van der Waals surface area contributed by atoms with Gasteiger partial charge in [-0.2, -0.15) is 0 Å². The zero-order valence-electron chi connectivity index (χ0n) is 10.1. The highest BCUT2D eigenvalue weighted by molar-refractivity contribution is 5.84. The average molecular weight is 235 g/mol. The van der Waals surface area contributed by atoms with Crippen molar-refractivity contribution in [3.63, 3.8) is 0 Å². The van der Waals surface area contributed by atoms with E-state index < -0.39 is 6.04 Å². The van der Waals surface area contributed by atoms with E-state index in [0.29, 0.717) is 6.42 Å². The van der Waals surface area contributed by atoms with Gasteiger partial charge in [-0.1, -0.05) is 43.2 Å². The first-order chi connectivity index (χ1) is 8.25. The summed E-state index contributed by atoms with van der Waals surface area (Å²) in [6, 6.07) is 8.97. The molecule has 1 aromatic rings. The number of benzene rings is 1. The molecule has 3 nitrogen and oxygen atoms in total. The van der Waals surface area contributed by atoms with Crippen LogP contribution in [0.1, 0.15) is 43.7 Å². The Kier molecular flexibility index (Phi) is 6.51. The molecule has 0 saturated carbocycles. The Hall–Kier alpha value is -1.19. The number of Topliss-reactive ketones (excluding diaryl/α,β-unsaturated/α-hetero) is 1. The summed E-state index contributed by atoms with van der Waals surface area (Å²) >= 11 is 0. The van der Waals surface area contributed by atoms with Crippen molar-refractivity contribution in [2.24, 2.45) is 5.73 Å². The first-order valence-corrected chi connectivity index (χ1v) is 6.20. The molecule has 3 N–H and O–H groups in total. The van der Waals surface area contributed by atoms with Crippen LogP contribution in [0.2, 0.25) is 0 Å². The van der Waals surface area contributed by atoms with Crippen LogP contribution in [0.5, 0.6) is 0 Å². The average Bonchev–Trinajstić information content (AvgIpc) is 2.38. The van der Waals surface area contributed by atoms with Crippen LogP contribution in [0.4, 0.5) is 0 Å². The number of carbonyl (C=O) groups is 1. The molecule has 0 aliphatic carbocycles. The minimum absolute atomic E-state index is 0.0974. The van der Waals surface area contributed by atoms with Crippen LogP contribution in [-0.4, -0.2) is 17.5 Å². The zero-order chi connectivity index (χ0) is 12.5. The maximum atomic E-state index is 11.8. The van der Waals surface area contributed by atoms with E-state index in [0.717, 1.165) is 31.2 Å². The number of hydrogen-bond acceptors (Lipinski definition) is 3. The monoisotopic (exact) mass is 235 g/mol. The Morgan fingerprint density at radius 2 is 1.76 bits per heavy atom. The molecule has 1 atom stereocenters. The third-order valence-corrected chi connectivity index (χ3v) is 2.84. The molecular weight excluding hydrogens is 214 g/mol. The minimum Gasteiger partial charge on any atom is -0.396 e. The molecule has 0 radical (unpaired) electrons. The molecule has 3 heteroatoms. The molecule has 0 saturated heterocycles. The number of unbranched alkanes of at least 4 members (excludes halogenated alkanes) is 3. The lowest BCUT2D eigenvalue weighted by atomic mass is 9.99. The molecule has 0 amide bonds. The van der Waals surface area contributed by atoms with Crippen molar-refractivity contribution in [1.29, 1.82) is 0 Å². The molecule has 17 heavy (non-hydrogen) atoms. The van der Waals surface area contributed by atoms with Gasteiger partial charge in [0.05, 0.1) is 6.04 Å². The zero-order valence-corrected chi connectivity index (χ0v) is 10.1. The van der Waals surface area contributed by atoms with Crippen molar-refractivity contribution in [3.05, 3.63) is 35.9 Å². The largest absolute Gasteiger partial charge is 0.396 e. The summed E-state index contributed by atoms with van der Waals surface area (Å²) in [7, 11) is 0. The highest BCUT2D eigenvalue weighted by atomic mass is 16.2. The van der Waals surface area contributed by atoms with Crippen molar-refractivity contribution < 1.29 is 9.90 Å². The van der Waals surface area contributed by atoms with Crippen LogP contribution < -0.4 is 5.73 Å². The van der Waals surface area contributed by atoms with Gasteiger partial charge >= 0.3 is 0 Å². The number of rotatable bonds is 8. The predicted octanol–water partition coefficient (Wildman–Crippen LogP) is 2.20. The van der Waals surface area contributed by atoms with Gasteiger partial charge in [0, 0.05) is 13.0 Å². The van der Waals surface area contributed by atoms with Crippen molar-refractivity contribution in [3.8, 4) is 0 Å². The molecule has 1 unspecified atom stereocenters. The van der Waals surface area contributed by atoms with Crippen molar-refractivity contribution in [2.45, 2.75) is 38.1 Å². The third kappa shape index (κ3) is 5.11. The van der Waals surface area contributed by atoms with Gasteiger partial charge in [0.15, 0.2) is 5.78 Å². The van der Waals surface area contributed by atoms with E-state index in [9.17, 15) is 4.79 Å². The van der Waals surface area contributed by atoms with E-state index in [1.54, 1.807) is 0 Å². The number of aliphatic hydroxyl groups is 1. The van der Waals surface area contributed by atoms with Gasteiger partial charge in [-0.3, -0.25) is 4.79 Å². The van der Waals surface area contributed by atoms with E-state index in [2.05, 4.69) is 0 Å². The minimum atomic E-state index is -0.492. The van der Waals surface area contributed by atoms with Crippen LogP contribution in [0, 0.1) is 0 Å². The molecule has 0 spiro atoms. The van der Waals surface area contributed by atoms with Crippen molar-refractivity contribution in [1.82, 2.24) is 0 Å². The summed E-state index contributed by atoms with van der Waals surface area (Å²) in [5, 5.41) is 8.62. The summed E-state index contributed by atoms with van der Waals surface area (Å²) in [4.78, 5) is 11.8. The van der Waals surface area contributed by atoms with Gasteiger partial charge in [0.2, 0.25) is 0 Å². The van der Waals surface area contributed by atoms with E-state index in [1.165, 1.54) is 0 Å². The summed E-state index contributed by atoms with van der Waals surface area (Å²) in [6.07, 6.45) is 4.16. The summed E-state index contributed by atoms with van der Waals surface area (Å²) < 4.78 is 0. The Labute approximate surface area is 103 Å². The fourth-order valence-electron chi connectivity index (χ4n) is 1.77. The number of aliphatic hydroxyl groups excluding tert-OH is 1. The standard InChI is InChI=1S/C14H21NO2/c15-14(12-8-4-3-5-9-12)13(17)10-6-1-2-7-11-16/h3-5,8-9,14,16H,1-2,6-7,10-11,15H2. The Morgan fingerprint density at radius 3 is 2.41 bits per heavy atom. The molecule has 0 aliphatic heterocycles. The smallest absolute Gasteiger partial charge is 0.154 e. The fraction of sp³-hybridized carbons (Fsp3) is 0.500. The summed E-state index contributed by atoms with van der Waals surface area (Å²) in [5.74, 6) is 0.0974. The van der Waals surface area contributed by atoms with Gasteiger partial charge in [-0.05, 0) is 18.4 Å². The molecule has 0 heterocycles. The maximum absolute atomic E-state index is 11.8. The van der Waals surface area contributed by atoms with Crippen LogP contribution in [0.3, 0.4) is 0 Å². The lowest BCUT2D eigenvalue weighted by molar-refractivity contribution is -0.120. The summed E-state index contributed by atoms with van der Waals surface area (Å²) in [6.45, 7) is 0.234. The first kappa shape index (κ1) is 13.9. The second-order valence-corrected chi connectivity index (χ2v) is 4.24. The number of nitrogens with two attached hydrogens (primary N) is 1. The lowest BCUT2D eigenvalue weighted by Gasteiger charge is -2.10. The van der Waals surface area contributed by atoms with Gasteiger partial charge in [0.1, 0.15) is 0 Å². The molecule has 94 valence electrons. The summed E-state index contributed by atoms with van der Waals surface area (Å²) in [5.41, 5.74) is 6.77. The van der Waals surface area contributed by atoms with Gasteiger partial charge in [-0.25, -0.2) is 0 Å². The van der Waals surface area contributed by atoms with Gasteiger partial charge in [0.25, 0.3) is 0 Å². The molecule has 0 aromatic heterocycles. The second kappa shape index (κ2) is 7.98. The number of hydrogen-bond donors (Lipinski definition) is 2. The molecule has 1 aromatic carbocycles. The second-order valence-electron chi connectivity index (χ2n) is 4.24. The Balaban J connectivity index is 2.28. The molecule has 0 aliphatic rings.